The summed E-state index contributed by atoms with van der Waals surface area (Å²) in [5.41, 5.74) is 1.31. The molecule has 0 bridgehead atoms. The number of carbonyl (C=O) groups excluding carboxylic acids is 1. The van der Waals surface area contributed by atoms with Crippen molar-refractivity contribution in [1.29, 1.82) is 0 Å². The molecule has 1 spiro atoms. The van der Waals surface area contributed by atoms with Crippen LogP contribution in [0.25, 0.3) is 0 Å². The predicted molar refractivity (Wildman–Crippen MR) is 114 cm³/mol. The fourth-order valence-corrected chi connectivity index (χ4v) is 5.27. The molecule has 1 atom stereocenters. The molecule has 1 amide bonds. The molecule has 5 nitrogen and oxygen atoms in total. The van der Waals surface area contributed by atoms with Crippen molar-refractivity contribution in [3.63, 3.8) is 0 Å². The van der Waals surface area contributed by atoms with Gasteiger partial charge in [0.2, 0.25) is 5.91 Å². The Kier molecular flexibility index (Phi) is 6.76. The highest BCUT2D eigenvalue weighted by Crippen LogP contribution is 2.39. The van der Waals surface area contributed by atoms with Gasteiger partial charge < -0.3 is 14.4 Å². The second-order valence-corrected chi connectivity index (χ2v) is 9.04. The van der Waals surface area contributed by atoms with Crippen LogP contribution in [0.15, 0.2) is 24.3 Å². The Hall–Kier alpha value is -1.59. The maximum absolute atomic E-state index is 12.6. The first kappa shape index (κ1) is 20.7. The number of piperidine rings is 1. The third-order valence-corrected chi connectivity index (χ3v) is 6.90. The SMILES string of the molecule is CCOc1cccc(CN2CCC3(CC2)CC(CC(=O)N2CCCC2)CCO3)c1. The van der Waals surface area contributed by atoms with Gasteiger partial charge in [-0.2, -0.15) is 0 Å². The van der Waals surface area contributed by atoms with Crippen molar-refractivity contribution in [2.24, 2.45) is 5.92 Å². The Morgan fingerprint density at radius 1 is 1.21 bits per heavy atom. The van der Waals surface area contributed by atoms with Crippen LogP contribution in [-0.2, 0) is 16.1 Å². The van der Waals surface area contributed by atoms with Crippen LogP contribution in [0.3, 0.4) is 0 Å². The average Bonchev–Trinajstić information content (AvgIpc) is 3.26. The minimum Gasteiger partial charge on any atom is -0.494 e. The monoisotopic (exact) mass is 400 g/mol. The van der Waals surface area contributed by atoms with Gasteiger partial charge in [0, 0.05) is 45.8 Å². The van der Waals surface area contributed by atoms with Crippen LogP contribution in [-0.4, -0.2) is 60.7 Å². The van der Waals surface area contributed by atoms with Gasteiger partial charge in [-0.15, -0.1) is 0 Å². The molecule has 3 saturated heterocycles. The highest BCUT2D eigenvalue weighted by molar-refractivity contribution is 5.76. The number of carbonyl (C=O) groups is 1. The number of likely N-dealkylation sites (tertiary alicyclic amines) is 2. The molecule has 5 heteroatoms. The lowest BCUT2D eigenvalue weighted by Gasteiger charge is -2.46. The molecule has 1 aromatic rings. The molecule has 0 saturated carbocycles. The Labute approximate surface area is 175 Å². The summed E-state index contributed by atoms with van der Waals surface area (Å²) in [6.45, 7) is 8.56. The Morgan fingerprint density at radius 2 is 2.00 bits per heavy atom. The third-order valence-electron chi connectivity index (χ3n) is 6.90. The molecule has 0 N–H and O–H groups in total. The Morgan fingerprint density at radius 3 is 2.76 bits per heavy atom. The number of ether oxygens (including phenoxy) is 2. The van der Waals surface area contributed by atoms with E-state index in [1.165, 1.54) is 18.4 Å². The lowest BCUT2D eigenvalue weighted by Crippen LogP contribution is -2.49. The van der Waals surface area contributed by atoms with Gasteiger partial charge in [0.25, 0.3) is 0 Å². The summed E-state index contributed by atoms with van der Waals surface area (Å²) in [7, 11) is 0. The smallest absolute Gasteiger partial charge is 0.222 e. The van der Waals surface area contributed by atoms with Gasteiger partial charge in [-0.25, -0.2) is 0 Å². The van der Waals surface area contributed by atoms with E-state index in [1.54, 1.807) is 0 Å². The van der Waals surface area contributed by atoms with Gasteiger partial charge in [0.15, 0.2) is 0 Å². The van der Waals surface area contributed by atoms with Crippen LogP contribution in [0.5, 0.6) is 5.75 Å². The molecule has 0 aliphatic carbocycles. The first-order chi connectivity index (χ1) is 14.2. The zero-order valence-corrected chi connectivity index (χ0v) is 17.9. The van der Waals surface area contributed by atoms with Crippen LogP contribution < -0.4 is 4.74 Å². The highest BCUT2D eigenvalue weighted by Gasteiger charge is 2.41. The summed E-state index contributed by atoms with van der Waals surface area (Å²) in [5.74, 6) is 1.82. The molecule has 3 aliphatic rings. The van der Waals surface area contributed by atoms with Gasteiger partial charge in [-0.05, 0) is 69.1 Å². The molecule has 3 heterocycles. The summed E-state index contributed by atoms with van der Waals surface area (Å²) in [6.07, 6.45) is 7.31. The minimum atomic E-state index is -0.00211. The van der Waals surface area contributed by atoms with Crippen molar-refractivity contribution in [3.05, 3.63) is 29.8 Å². The molecule has 29 heavy (non-hydrogen) atoms. The zero-order chi connectivity index (χ0) is 20.1. The summed E-state index contributed by atoms with van der Waals surface area (Å²) in [4.78, 5) is 17.2. The lowest BCUT2D eigenvalue weighted by atomic mass is 9.78. The van der Waals surface area contributed by atoms with Gasteiger partial charge in [-0.1, -0.05) is 12.1 Å². The van der Waals surface area contributed by atoms with E-state index in [0.29, 0.717) is 18.4 Å². The molecule has 0 aromatic heterocycles. The number of benzene rings is 1. The number of hydrogen-bond acceptors (Lipinski definition) is 4. The van der Waals surface area contributed by atoms with E-state index in [1.807, 2.05) is 13.0 Å². The molecular formula is C24H36N2O3. The van der Waals surface area contributed by atoms with Crippen LogP contribution in [0.2, 0.25) is 0 Å². The first-order valence-corrected chi connectivity index (χ1v) is 11.5. The Bertz CT molecular complexity index is 678. The van der Waals surface area contributed by atoms with Crippen LogP contribution >= 0.6 is 0 Å². The molecule has 4 rings (SSSR count). The van der Waals surface area contributed by atoms with Crippen molar-refractivity contribution in [1.82, 2.24) is 9.80 Å². The Balaban J connectivity index is 1.27. The van der Waals surface area contributed by atoms with E-state index >= 15 is 0 Å². The second kappa shape index (κ2) is 9.48. The minimum absolute atomic E-state index is 0.00211. The van der Waals surface area contributed by atoms with Crippen molar-refractivity contribution in [3.8, 4) is 5.75 Å². The molecule has 0 radical (unpaired) electrons. The second-order valence-electron chi connectivity index (χ2n) is 9.04. The largest absolute Gasteiger partial charge is 0.494 e. The van der Waals surface area contributed by atoms with E-state index in [-0.39, 0.29) is 5.60 Å². The molecule has 3 aliphatic heterocycles. The first-order valence-electron chi connectivity index (χ1n) is 11.5. The van der Waals surface area contributed by atoms with Gasteiger partial charge in [0.1, 0.15) is 5.75 Å². The lowest BCUT2D eigenvalue weighted by molar-refractivity contribution is -0.141. The predicted octanol–water partition coefficient (Wildman–Crippen LogP) is 3.86. The zero-order valence-electron chi connectivity index (χ0n) is 17.9. The van der Waals surface area contributed by atoms with Crippen molar-refractivity contribution >= 4 is 5.91 Å². The fourth-order valence-electron chi connectivity index (χ4n) is 5.27. The quantitative estimate of drug-likeness (QED) is 0.727. The summed E-state index contributed by atoms with van der Waals surface area (Å²) >= 11 is 0. The summed E-state index contributed by atoms with van der Waals surface area (Å²) in [6, 6.07) is 8.45. The molecule has 1 unspecified atom stereocenters. The molecule has 3 fully saturated rings. The fraction of sp³-hybridized carbons (Fsp3) is 0.708. The number of nitrogens with zero attached hydrogens (tertiary/aromatic N) is 2. The van der Waals surface area contributed by atoms with Crippen molar-refractivity contribution in [2.45, 2.75) is 64.0 Å². The maximum Gasteiger partial charge on any atom is 0.222 e. The van der Waals surface area contributed by atoms with Gasteiger partial charge in [-0.3, -0.25) is 9.69 Å². The summed E-state index contributed by atoms with van der Waals surface area (Å²) in [5, 5.41) is 0. The standard InChI is InChI=1S/C24H36N2O3/c1-2-28-22-7-5-6-21(16-22)19-25-13-9-24(10-14-25)18-20(8-15-29-24)17-23(27)26-11-3-4-12-26/h5-7,16,20H,2-4,8-15,17-19H2,1H3. The maximum atomic E-state index is 12.6. The molecule has 1 aromatic carbocycles. The van der Waals surface area contributed by atoms with E-state index < -0.39 is 0 Å². The van der Waals surface area contributed by atoms with E-state index in [4.69, 9.17) is 9.47 Å². The van der Waals surface area contributed by atoms with Crippen molar-refractivity contribution < 1.29 is 14.3 Å². The highest BCUT2D eigenvalue weighted by atomic mass is 16.5. The van der Waals surface area contributed by atoms with Gasteiger partial charge in [0.05, 0.1) is 12.2 Å². The number of amides is 1. The van der Waals surface area contributed by atoms with Crippen LogP contribution in [0.4, 0.5) is 0 Å². The molecule has 160 valence electrons. The summed E-state index contributed by atoms with van der Waals surface area (Å²) < 4.78 is 12.0. The van der Waals surface area contributed by atoms with E-state index in [2.05, 4.69) is 28.0 Å². The van der Waals surface area contributed by atoms with Crippen LogP contribution in [0.1, 0.15) is 57.4 Å². The van der Waals surface area contributed by atoms with E-state index in [0.717, 1.165) is 77.2 Å². The van der Waals surface area contributed by atoms with E-state index in [9.17, 15) is 4.79 Å². The topological polar surface area (TPSA) is 42.0 Å². The number of rotatable bonds is 6. The van der Waals surface area contributed by atoms with Crippen LogP contribution in [0, 0.1) is 5.92 Å². The molecular weight excluding hydrogens is 364 g/mol. The van der Waals surface area contributed by atoms with Gasteiger partial charge >= 0.3 is 0 Å². The average molecular weight is 401 g/mol. The normalized spacial score (nSPS) is 24.7. The third kappa shape index (κ3) is 5.32. The number of hydrogen-bond donors (Lipinski definition) is 0. The van der Waals surface area contributed by atoms with Crippen molar-refractivity contribution in [2.75, 3.05) is 39.4 Å².